The number of likely N-dealkylation sites (N-methyl/N-ethyl adjacent to an activating group) is 1. The molecule has 31 heavy (non-hydrogen) atoms. The van der Waals surface area contributed by atoms with Gasteiger partial charge in [0.05, 0.1) is 12.2 Å². The fraction of sp³-hybridized carbons (Fsp3) is 0.478. The van der Waals surface area contributed by atoms with Gasteiger partial charge in [-0.15, -0.1) is 0 Å². The standard InChI is InChI=1S/C23H34N6O2/c1-25-21-8-5-18(4-7-20(21)24)31-19-6-9-22(26-13-10-19)27-23(30)16-29-14-11-17(12-15-29)28(2)3/h4-5,8-10,13,17,25H,6-7,11-12,14-16,24H2,1-3H3,(H,27,30). The highest BCUT2D eigenvalue weighted by atomic mass is 16.5. The minimum atomic E-state index is -0.0355. The normalized spacial score (nSPS) is 20.6. The van der Waals surface area contributed by atoms with Gasteiger partial charge in [0.1, 0.15) is 17.3 Å². The second-order valence-electron chi connectivity index (χ2n) is 8.16. The molecule has 3 aliphatic rings. The molecule has 2 heterocycles. The number of nitrogens with one attached hydrogen (secondary N) is 2. The molecule has 0 atom stereocenters. The summed E-state index contributed by atoms with van der Waals surface area (Å²) in [6.45, 7) is 2.27. The molecule has 0 aromatic heterocycles. The van der Waals surface area contributed by atoms with Crippen LogP contribution in [0.2, 0.25) is 0 Å². The Hall–Kier alpha value is -2.84. The third-order valence-corrected chi connectivity index (χ3v) is 5.69. The molecule has 4 N–H and O–H groups in total. The first-order valence-corrected chi connectivity index (χ1v) is 10.8. The van der Waals surface area contributed by atoms with Crippen LogP contribution in [0.1, 0.15) is 25.7 Å². The van der Waals surface area contributed by atoms with Crippen LogP contribution in [0.3, 0.4) is 0 Å². The number of nitrogens with two attached hydrogens (primary N) is 1. The fourth-order valence-corrected chi connectivity index (χ4v) is 3.79. The number of aliphatic imine (C=N–C) groups is 1. The lowest BCUT2D eigenvalue weighted by molar-refractivity contribution is -0.121. The predicted octanol–water partition coefficient (Wildman–Crippen LogP) is 1.58. The van der Waals surface area contributed by atoms with E-state index >= 15 is 0 Å². The summed E-state index contributed by atoms with van der Waals surface area (Å²) in [5.41, 5.74) is 7.70. The Bertz CT molecular complexity index is 842. The van der Waals surface area contributed by atoms with E-state index in [4.69, 9.17) is 10.5 Å². The van der Waals surface area contributed by atoms with Crippen molar-refractivity contribution >= 4 is 12.1 Å². The van der Waals surface area contributed by atoms with Crippen molar-refractivity contribution in [2.24, 2.45) is 10.7 Å². The third kappa shape index (κ3) is 6.83. The minimum absolute atomic E-state index is 0.0355. The molecule has 0 radical (unpaired) electrons. The molecular weight excluding hydrogens is 392 g/mol. The molecule has 8 nitrogen and oxygen atoms in total. The third-order valence-electron chi connectivity index (χ3n) is 5.69. The Kier molecular flexibility index (Phi) is 8.08. The molecular formula is C23H34N6O2. The summed E-state index contributed by atoms with van der Waals surface area (Å²) in [5, 5.41) is 5.99. The zero-order valence-corrected chi connectivity index (χ0v) is 18.7. The molecule has 3 rings (SSSR count). The van der Waals surface area contributed by atoms with Crippen molar-refractivity contribution in [2.45, 2.75) is 31.7 Å². The van der Waals surface area contributed by atoms with Gasteiger partial charge >= 0.3 is 0 Å². The topological polar surface area (TPSA) is 95.2 Å². The molecule has 1 saturated heterocycles. The van der Waals surface area contributed by atoms with Crippen LogP contribution >= 0.6 is 0 Å². The van der Waals surface area contributed by atoms with E-state index in [1.54, 1.807) is 6.21 Å². The average Bonchev–Trinajstić information content (AvgIpc) is 3.07. The van der Waals surface area contributed by atoms with Gasteiger partial charge in [0.15, 0.2) is 0 Å². The number of allylic oxidation sites excluding steroid dienone is 5. The largest absolute Gasteiger partial charge is 0.462 e. The molecule has 0 bridgehead atoms. The first kappa shape index (κ1) is 22.8. The van der Waals surface area contributed by atoms with Gasteiger partial charge in [0.25, 0.3) is 0 Å². The van der Waals surface area contributed by atoms with Crippen LogP contribution in [0.15, 0.2) is 64.1 Å². The van der Waals surface area contributed by atoms with Crippen molar-refractivity contribution in [2.75, 3.05) is 40.8 Å². The Labute approximate surface area is 184 Å². The van der Waals surface area contributed by atoms with Gasteiger partial charge < -0.3 is 26.0 Å². The van der Waals surface area contributed by atoms with Gasteiger partial charge in [-0.25, -0.2) is 4.99 Å². The summed E-state index contributed by atoms with van der Waals surface area (Å²) in [4.78, 5) is 21.3. The van der Waals surface area contributed by atoms with Crippen LogP contribution in [0.25, 0.3) is 0 Å². The van der Waals surface area contributed by atoms with Crippen LogP contribution in [0.4, 0.5) is 0 Å². The number of hydrogen-bond donors (Lipinski definition) is 3. The van der Waals surface area contributed by atoms with Crippen LogP contribution in [-0.2, 0) is 9.53 Å². The van der Waals surface area contributed by atoms with E-state index in [0.29, 0.717) is 31.2 Å². The first-order chi connectivity index (χ1) is 14.9. The van der Waals surface area contributed by atoms with Crippen LogP contribution in [0, 0.1) is 0 Å². The smallest absolute Gasteiger partial charge is 0.239 e. The number of hydrogen-bond acceptors (Lipinski definition) is 7. The van der Waals surface area contributed by atoms with Crippen LogP contribution in [0.5, 0.6) is 0 Å². The van der Waals surface area contributed by atoms with Crippen molar-refractivity contribution < 1.29 is 9.53 Å². The molecule has 0 unspecified atom stereocenters. The molecule has 0 saturated carbocycles. The summed E-state index contributed by atoms with van der Waals surface area (Å²) >= 11 is 0. The van der Waals surface area contributed by atoms with Gasteiger partial charge in [0, 0.05) is 50.9 Å². The molecule has 0 aromatic rings. The highest BCUT2D eigenvalue weighted by Gasteiger charge is 2.22. The van der Waals surface area contributed by atoms with Crippen molar-refractivity contribution in [1.82, 2.24) is 20.4 Å². The highest BCUT2D eigenvalue weighted by molar-refractivity contribution is 5.81. The predicted molar refractivity (Wildman–Crippen MR) is 124 cm³/mol. The minimum Gasteiger partial charge on any atom is -0.462 e. The fourth-order valence-electron chi connectivity index (χ4n) is 3.79. The second-order valence-corrected chi connectivity index (χ2v) is 8.16. The monoisotopic (exact) mass is 426 g/mol. The molecule has 168 valence electrons. The maximum atomic E-state index is 12.5. The van der Waals surface area contributed by atoms with Crippen molar-refractivity contribution in [3.63, 3.8) is 0 Å². The Morgan fingerprint density at radius 3 is 2.74 bits per heavy atom. The SMILES string of the molecule is CNC1=C(N)CC=C(OC2=CC=NC(NC(=O)CN3CCC(N(C)C)CC3)=CC2)C=C1. The number of ether oxygens (including phenoxy) is 1. The quantitative estimate of drug-likeness (QED) is 0.572. The second kappa shape index (κ2) is 11.0. The van der Waals surface area contributed by atoms with E-state index in [1.165, 1.54) is 0 Å². The summed E-state index contributed by atoms with van der Waals surface area (Å²) in [5.74, 6) is 2.00. The highest BCUT2D eigenvalue weighted by Crippen LogP contribution is 2.19. The summed E-state index contributed by atoms with van der Waals surface area (Å²) < 4.78 is 6.00. The van der Waals surface area contributed by atoms with E-state index in [9.17, 15) is 4.79 Å². The first-order valence-electron chi connectivity index (χ1n) is 10.8. The van der Waals surface area contributed by atoms with E-state index in [2.05, 4.69) is 39.5 Å². The van der Waals surface area contributed by atoms with Gasteiger partial charge in [-0.1, -0.05) is 0 Å². The van der Waals surface area contributed by atoms with Gasteiger partial charge in [0.2, 0.25) is 5.91 Å². The number of nitrogens with zero attached hydrogens (tertiary/aromatic N) is 3. The van der Waals surface area contributed by atoms with Crippen molar-refractivity contribution in [3.05, 3.63) is 59.1 Å². The van der Waals surface area contributed by atoms with Crippen molar-refractivity contribution in [1.29, 1.82) is 0 Å². The lowest BCUT2D eigenvalue weighted by Crippen LogP contribution is -2.45. The van der Waals surface area contributed by atoms with E-state index in [0.717, 1.165) is 48.8 Å². The maximum Gasteiger partial charge on any atom is 0.239 e. The van der Waals surface area contributed by atoms with E-state index in [-0.39, 0.29) is 5.91 Å². The van der Waals surface area contributed by atoms with Gasteiger partial charge in [-0.2, -0.15) is 0 Å². The Morgan fingerprint density at radius 2 is 2.03 bits per heavy atom. The summed E-state index contributed by atoms with van der Waals surface area (Å²) in [6, 6.07) is 0.605. The number of piperidine rings is 1. The maximum absolute atomic E-state index is 12.5. The van der Waals surface area contributed by atoms with Gasteiger partial charge in [-0.3, -0.25) is 9.69 Å². The van der Waals surface area contributed by atoms with Crippen LogP contribution in [-0.4, -0.2) is 68.7 Å². The molecule has 2 aliphatic heterocycles. The van der Waals surface area contributed by atoms with Gasteiger partial charge in [-0.05, 0) is 57.3 Å². The number of carbonyl (C=O) groups excluding carboxylic acids is 1. The molecule has 8 heteroatoms. The van der Waals surface area contributed by atoms with E-state index in [1.807, 2.05) is 37.4 Å². The van der Waals surface area contributed by atoms with Crippen molar-refractivity contribution in [3.8, 4) is 0 Å². The summed E-state index contributed by atoms with van der Waals surface area (Å²) in [6.07, 6.45) is 14.4. The Morgan fingerprint density at radius 1 is 1.26 bits per heavy atom. The summed E-state index contributed by atoms with van der Waals surface area (Å²) in [7, 11) is 6.07. The number of amides is 1. The lowest BCUT2D eigenvalue weighted by Gasteiger charge is -2.34. The Balaban J connectivity index is 1.47. The molecule has 1 fully saturated rings. The zero-order chi connectivity index (χ0) is 22.2. The average molecular weight is 427 g/mol. The molecule has 0 aromatic carbocycles. The van der Waals surface area contributed by atoms with Crippen LogP contribution < -0.4 is 16.4 Å². The lowest BCUT2D eigenvalue weighted by atomic mass is 10.0. The molecule has 0 spiro atoms. The number of likely N-dealkylation sites (tertiary alicyclic amines) is 1. The number of carbonyl (C=O) groups is 1. The molecule has 1 aliphatic carbocycles. The number of rotatable bonds is 7. The van der Waals surface area contributed by atoms with E-state index < -0.39 is 0 Å². The zero-order valence-electron chi connectivity index (χ0n) is 18.7. The molecule has 1 amide bonds.